The molecule has 0 saturated carbocycles. The van der Waals surface area contributed by atoms with Gasteiger partial charge in [-0.2, -0.15) is 0 Å². The number of likely N-dealkylation sites (tertiary alicyclic amines) is 1. The first-order valence-electron chi connectivity index (χ1n) is 9.87. The third-order valence-electron chi connectivity index (χ3n) is 5.22. The van der Waals surface area contributed by atoms with Crippen LogP contribution in [0.5, 0.6) is 0 Å². The highest BCUT2D eigenvalue weighted by Crippen LogP contribution is 2.34. The van der Waals surface area contributed by atoms with Crippen LogP contribution < -0.4 is 0 Å². The highest BCUT2D eigenvalue weighted by Gasteiger charge is 2.34. The molecule has 2 heterocycles. The van der Waals surface area contributed by atoms with Gasteiger partial charge in [0.05, 0.1) is 17.9 Å². The van der Waals surface area contributed by atoms with Gasteiger partial charge < -0.3 is 9.72 Å². The summed E-state index contributed by atoms with van der Waals surface area (Å²) in [6.45, 7) is 8.50. The zero-order valence-electron chi connectivity index (χ0n) is 17.0. The molecule has 0 unspecified atom stereocenters. The molecule has 0 spiro atoms. The van der Waals surface area contributed by atoms with Gasteiger partial charge in [-0.3, -0.25) is 4.90 Å². The number of H-pyrrole nitrogens is 1. The van der Waals surface area contributed by atoms with Crippen LogP contribution in [0.3, 0.4) is 0 Å². The molecule has 1 aliphatic heterocycles. The lowest BCUT2D eigenvalue weighted by Gasteiger charge is -2.27. The number of ether oxygens (including phenoxy) is 1. The minimum atomic E-state index is -0.501. The van der Waals surface area contributed by atoms with Crippen LogP contribution >= 0.6 is 0 Å². The molecule has 1 fully saturated rings. The van der Waals surface area contributed by atoms with Gasteiger partial charge in [-0.05, 0) is 56.9 Å². The van der Waals surface area contributed by atoms with E-state index in [4.69, 9.17) is 4.74 Å². The summed E-state index contributed by atoms with van der Waals surface area (Å²) in [5.74, 6) is 0.822. The van der Waals surface area contributed by atoms with E-state index in [-0.39, 0.29) is 12.1 Å². The Morgan fingerprint density at radius 2 is 1.93 bits per heavy atom. The summed E-state index contributed by atoms with van der Waals surface area (Å²) in [7, 11) is 0. The number of carbonyl (C=O) groups excluding carboxylic acids is 1. The molecule has 1 N–H and O–H groups in total. The Bertz CT molecular complexity index is 1020. The number of rotatable bonds is 2. The minimum Gasteiger partial charge on any atom is -0.444 e. The molecule has 0 radical (unpaired) electrons. The quantitative estimate of drug-likeness (QED) is 0.631. The van der Waals surface area contributed by atoms with Gasteiger partial charge in [-0.15, -0.1) is 0 Å². The number of benzene rings is 2. The molecule has 1 saturated heterocycles. The van der Waals surface area contributed by atoms with Crippen LogP contribution in [0.4, 0.5) is 4.79 Å². The Morgan fingerprint density at radius 1 is 1.18 bits per heavy atom. The van der Waals surface area contributed by atoms with Crippen molar-refractivity contribution in [3.8, 4) is 11.3 Å². The molecule has 5 heteroatoms. The van der Waals surface area contributed by atoms with Gasteiger partial charge in [-0.1, -0.05) is 36.4 Å². The smallest absolute Gasteiger partial charge is 0.410 e. The maximum absolute atomic E-state index is 12.6. The lowest BCUT2D eigenvalue weighted by molar-refractivity contribution is 0.0219. The SMILES string of the molecule is Cc1ccc(-c2cnc([C@@H]3CCCN3C(=O)OC(C)(C)C)[nH]2)c2ccccc12. The number of aryl methyl sites for hydroxylation is 1. The number of aromatic nitrogens is 2. The van der Waals surface area contributed by atoms with E-state index in [2.05, 4.69) is 53.3 Å². The van der Waals surface area contributed by atoms with Crippen molar-refractivity contribution in [2.45, 2.75) is 52.2 Å². The van der Waals surface area contributed by atoms with E-state index in [0.29, 0.717) is 6.54 Å². The lowest BCUT2D eigenvalue weighted by Crippen LogP contribution is -2.36. The molecule has 1 amide bonds. The number of imidazole rings is 1. The fraction of sp³-hybridized carbons (Fsp3) is 0.391. The minimum absolute atomic E-state index is 0.0692. The molecule has 28 heavy (non-hydrogen) atoms. The van der Waals surface area contributed by atoms with Crippen LogP contribution in [-0.4, -0.2) is 33.1 Å². The van der Waals surface area contributed by atoms with E-state index in [9.17, 15) is 4.79 Å². The maximum Gasteiger partial charge on any atom is 0.410 e. The van der Waals surface area contributed by atoms with Crippen molar-refractivity contribution in [2.24, 2.45) is 0 Å². The van der Waals surface area contributed by atoms with Gasteiger partial charge in [0.25, 0.3) is 0 Å². The maximum atomic E-state index is 12.6. The number of aromatic amines is 1. The number of nitrogens with zero attached hydrogens (tertiary/aromatic N) is 2. The number of carbonyl (C=O) groups is 1. The Balaban J connectivity index is 1.65. The molecule has 146 valence electrons. The van der Waals surface area contributed by atoms with E-state index in [1.54, 1.807) is 4.90 Å². The number of nitrogens with one attached hydrogen (secondary N) is 1. The van der Waals surface area contributed by atoms with Gasteiger partial charge in [-0.25, -0.2) is 9.78 Å². The Kier molecular flexibility index (Phi) is 4.61. The second-order valence-electron chi connectivity index (χ2n) is 8.49. The largest absolute Gasteiger partial charge is 0.444 e. The van der Waals surface area contributed by atoms with Crippen molar-refractivity contribution < 1.29 is 9.53 Å². The monoisotopic (exact) mass is 377 g/mol. The fourth-order valence-electron chi connectivity index (χ4n) is 3.92. The van der Waals surface area contributed by atoms with E-state index in [0.717, 1.165) is 29.9 Å². The summed E-state index contributed by atoms with van der Waals surface area (Å²) in [5, 5.41) is 2.44. The zero-order chi connectivity index (χ0) is 19.9. The van der Waals surface area contributed by atoms with E-state index < -0.39 is 5.60 Å². The molecular formula is C23H27N3O2. The van der Waals surface area contributed by atoms with Crippen molar-refractivity contribution in [1.29, 1.82) is 0 Å². The first-order chi connectivity index (χ1) is 13.3. The predicted molar refractivity (Wildman–Crippen MR) is 111 cm³/mol. The number of hydrogen-bond acceptors (Lipinski definition) is 3. The Hall–Kier alpha value is -2.82. The summed E-state index contributed by atoms with van der Waals surface area (Å²) in [6.07, 6.45) is 3.44. The number of amides is 1. The van der Waals surface area contributed by atoms with Crippen molar-refractivity contribution in [3.63, 3.8) is 0 Å². The normalized spacial score (nSPS) is 17.3. The average Bonchev–Trinajstić information content (AvgIpc) is 3.30. The zero-order valence-corrected chi connectivity index (χ0v) is 17.0. The van der Waals surface area contributed by atoms with Crippen LogP contribution in [0.25, 0.3) is 22.0 Å². The Morgan fingerprint density at radius 3 is 2.68 bits per heavy atom. The average molecular weight is 377 g/mol. The third-order valence-corrected chi connectivity index (χ3v) is 5.22. The number of fused-ring (bicyclic) bond motifs is 1. The highest BCUT2D eigenvalue weighted by molar-refractivity contribution is 5.97. The summed E-state index contributed by atoms with van der Waals surface area (Å²) in [6, 6.07) is 12.6. The summed E-state index contributed by atoms with van der Waals surface area (Å²) in [5.41, 5.74) is 2.86. The van der Waals surface area contributed by atoms with Crippen LogP contribution in [0, 0.1) is 6.92 Å². The molecule has 2 aromatic carbocycles. The molecule has 1 aromatic heterocycles. The van der Waals surface area contributed by atoms with Crippen LogP contribution in [0.2, 0.25) is 0 Å². The topological polar surface area (TPSA) is 58.2 Å². The van der Waals surface area contributed by atoms with Gasteiger partial charge in [0.15, 0.2) is 0 Å². The number of hydrogen-bond donors (Lipinski definition) is 1. The first kappa shape index (κ1) is 18.5. The molecule has 1 atom stereocenters. The standard InChI is InChI=1S/C23H27N3O2/c1-15-11-12-18(17-9-6-5-8-16(15)17)19-14-24-21(25-19)20-10-7-13-26(20)22(27)28-23(2,3)4/h5-6,8-9,11-12,14,20H,7,10,13H2,1-4H3,(H,24,25)/t20-/m0/s1. The van der Waals surface area contributed by atoms with Crippen molar-refractivity contribution in [2.75, 3.05) is 6.54 Å². The highest BCUT2D eigenvalue weighted by atomic mass is 16.6. The van der Waals surface area contributed by atoms with E-state index in [1.807, 2.05) is 27.0 Å². The summed E-state index contributed by atoms with van der Waals surface area (Å²) >= 11 is 0. The van der Waals surface area contributed by atoms with Crippen LogP contribution in [0.1, 0.15) is 51.0 Å². The molecule has 3 aromatic rings. The Labute approximate surface area is 165 Å². The van der Waals surface area contributed by atoms with E-state index in [1.165, 1.54) is 16.3 Å². The summed E-state index contributed by atoms with van der Waals surface area (Å²) < 4.78 is 5.58. The third kappa shape index (κ3) is 3.49. The van der Waals surface area contributed by atoms with Crippen LogP contribution in [0.15, 0.2) is 42.6 Å². The lowest BCUT2D eigenvalue weighted by atomic mass is 9.99. The molecule has 1 aliphatic rings. The van der Waals surface area contributed by atoms with E-state index >= 15 is 0 Å². The van der Waals surface area contributed by atoms with Crippen LogP contribution in [-0.2, 0) is 4.74 Å². The molecule has 4 rings (SSSR count). The van der Waals surface area contributed by atoms with Gasteiger partial charge in [0, 0.05) is 12.1 Å². The van der Waals surface area contributed by atoms with Gasteiger partial charge in [0.2, 0.25) is 0 Å². The van der Waals surface area contributed by atoms with Gasteiger partial charge in [0.1, 0.15) is 11.4 Å². The van der Waals surface area contributed by atoms with Gasteiger partial charge >= 0.3 is 6.09 Å². The van der Waals surface area contributed by atoms with Crippen molar-refractivity contribution in [1.82, 2.24) is 14.9 Å². The molecule has 5 nitrogen and oxygen atoms in total. The molecular weight excluding hydrogens is 350 g/mol. The second kappa shape index (κ2) is 6.97. The predicted octanol–water partition coefficient (Wildman–Crippen LogP) is 5.61. The first-order valence-corrected chi connectivity index (χ1v) is 9.87. The van der Waals surface area contributed by atoms with Crippen molar-refractivity contribution in [3.05, 3.63) is 54.0 Å². The molecule has 0 aliphatic carbocycles. The summed E-state index contributed by atoms with van der Waals surface area (Å²) in [4.78, 5) is 22.5. The second-order valence-corrected chi connectivity index (χ2v) is 8.49. The van der Waals surface area contributed by atoms with Crippen molar-refractivity contribution >= 4 is 16.9 Å². The molecule has 0 bridgehead atoms. The fourth-order valence-corrected chi connectivity index (χ4v) is 3.92.